The van der Waals surface area contributed by atoms with Crippen molar-refractivity contribution in [3.63, 3.8) is 0 Å². The highest BCUT2D eigenvalue weighted by molar-refractivity contribution is 9.10. The van der Waals surface area contributed by atoms with Gasteiger partial charge in [-0.25, -0.2) is 0 Å². The van der Waals surface area contributed by atoms with E-state index in [4.69, 9.17) is 0 Å². The van der Waals surface area contributed by atoms with Gasteiger partial charge in [-0.2, -0.15) is 13.2 Å². The van der Waals surface area contributed by atoms with Gasteiger partial charge in [0, 0.05) is 6.92 Å². The Kier molecular flexibility index (Phi) is 3.38. The number of carbonyl (C=O) groups is 1. The van der Waals surface area contributed by atoms with E-state index < -0.39 is 17.7 Å². The van der Waals surface area contributed by atoms with Gasteiger partial charge >= 0.3 is 12.1 Å². The van der Waals surface area contributed by atoms with Crippen LogP contribution in [-0.2, 0) is 11.0 Å². The van der Waals surface area contributed by atoms with Crippen LogP contribution in [0.4, 0.5) is 13.2 Å². The molecule has 0 heterocycles. The summed E-state index contributed by atoms with van der Waals surface area (Å²) in [5, 5.41) is 0. The van der Waals surface area contributed by atoms with Crippen LogP contribution >= 0.6 is 15.9 Å². The maximum atomic E-state index is 12.2. The van der Waals surface area contributed by atoms with Gasteiger partial charge in [0.1, 0.15) is 5.75 Å². The van der Waals surface area contributed by atoms with Crippen molar-refractivity contribution in [3.8, 4) is 5.75 Å². The van der Waals surface area contributed by atoms with Crippen molar-refractivity contribution in [2.75, 3.05) is 0 Å². The molecule has 0 radical (unpaired) electrons. The molecular formula is C9H6BrF3O2. The molecule has 0 spiro atoms. The zero-order valence-electron chi connectivity index (χ0n) is 7.56. The van der Waals surface area contributed by atoms with E-state index in [0.29, 0.717) is 0 Å². The number of halogens is 4. The van der Waals surface area contributed by atoms with E-state index in [1.54, 1.807) is 0 Å². The van der Waals surface area contributed by atoms with E-state index in [2.05, 4.69) is 20.7 Å². The van der Waals surface area contributed by atoms with Crippen LogP contribution in [0.3, 0.4) is 0 Å². The van der Waals surface area contributed by atoms with E-state index in [0.717, 1.165) is 18.2 Å². The summed E-state index contributed by atoms with van der Waals surface area (Å²) in [4.78, 5) is 10.6. The van der Waals surface area contributed by atoms with Crippen LogP contribution in [0.2, 0.25) is 0 Å². The van der Waals surface area contributed by atoms with Gasteiger partial charge in [0.2, 0.25) is 0 Å². The first-order valence-corrected chi connectivity index (χ1v) is 4.65. The maximum absolute atomic E-state index is 12.2. The molecule has 0 saturated carbocycles. The van der Waals surface area contributed by atoms with Gasteiger partial charge in [0.25, 0.3) is 0 Å². The predicted molar refractivity (Wildman–Crippen MR) is 50.5 cm³/mol. The molecule has 6 heteroatoms. The van der Waals surface area contributed by atoms with Gasteiger partial charge in [0.05, 0.1) is 10.0 Å². The summed E-state index contributed by atoms with van der Waals surface area (Å²) in [5.41, 5.74) is -0.801. The first-order chi connectivity index (χ1) is 6.80. The van der Waals surface area contributed by atoms with Crippen molar-refractivity contribution in [1.29, 1.82) is 0 Å². The highest BCUT2D eigenvalue weighted by Crippen LogP contribution is 2.34. The molecular weight excluding hydrogens is 277 g/mol. The molecule has 2 nitrogen and oxygen atoms in total. The Morgan fingerprint density at radius 3 is 2.40 bits per heavy atom. The van der Waals surface area contributed by atoms with E-state index in [-0.39, 0.29) is 10.2 Å². The predicted octanol–water partition coefficient (Wildman–Crippen LogP) is 3.39. The number of alkyl halides is 3. The van der Waals surface area contributed by atoms with E-state index in [9.17, 15) is 18.0 Å². The second kappa shape index (κ2) is 4.22. The van der Waals surface area contributed by atoms with E-state index >= 15 is 0 Å². The van der Waals surface area contributed by atoms with Gasteiger partial charge < -0.3 is 4.74 Å². The molecule has 1 aromatic carbocycles. The fourth-order valence-electron chi connectivity index (χ4n) is 0.915. The van der Waals surface area contributed by atoms with Crippen molar-refractivity contribution in [2.24, 2.45) is 0 Å². The summed E-state index contributed by atoms with van der Waals surface area (Å²) in [6.07, 6.45) is -4.41. The van der Waals surface area contributed by atoms with Gasteiger partial charge in [-0.05, 0) is 34.1 Å². The summed E-state index contributed by atoms with van der Waals surface area (Å²) < 4.78 is 41.5. The number of carbonyl (C=O) groups excluding carboxylic acids is 1. The molecule has 0 aromatic heterocycles. The largest absolute Gasteiger partial charge is 0.426 e. The Labute approximate surface area is 92.2 Å². The number of benzene rings is 1. The summed E-state index contributed by atoms with van der Waals surface area (Å²) in [6, 6.07) is 2.80. The monoisotopic (exact) mass is 282 g/mol. The Hall–Kier alpha value is -1.04. The maximum Gasteiger partial charge on any atom is 0.416 e. The third kappa shape index (κ3) is 3.23. The molecule has 0 atom stereocenters. The fraction of sp³-hybridized carbons (Fsp3) is 0.222. The molecule has 0 fully saturated rings. The minimum absolute atomic E-state index is 0.0653. The lowest BCUT2D eigenvalue weighted by Gasteiger charge is -2.09. The zero-order valence-corrected chi connectivity index (χ0v) is 9.15. The first kappa shape index (κ1) is 12.0. The molecule has 82 valence electrons. The lowest BCUT2D eigenvalue weighted by atomic mass is 10.2. The van der Waals surface area contributed by atoms with Crippen LogP contribution in [0.1, 0.15) is 12.5 Å². The summed E-state index contributed by atoms with van der Waals surface area (Å²) in [5.74, 6) is -0.522. The second-order valence-corrected chi connectivity index (χ2v) is 3.59. The fourth-order valence-corrected chi connectivity index (χ4v) is 1.37. The normalized spacial score (nSPS) is 11.3. The highest BCUT2D eigenvalue weighted by atomic mass is 79.9. The van der Waals surface area contributed by atoms with Crippen molar-refractivity contribution in [1.82, 2.24) is 0 Å². The Balaban J connectivity index is 3.03. The van der Waals surface area contributed by atoms with Crippen molar-refractivity contribution in [2.45, 2.75) is 13.1 Å². The Morgan fingerprint density at radius 2 is 2.00 bits per heavy atom. The standard InChI is InChI=1S/C9H6BrF3O2/c1-5(14)15-8-3-2-6(4-7(8)10)9(11,12)13/h2-4H,1H3. The Bertz CT molecular complexity index is 387. The molecule has 0 N–H and O–H groups in total. The number of hydrogen-bond donors (Lipinski definition) is 0. The molecule has 1 aromatic rings. The SMILES string of the molecule is CC(=O)Oc1ccc(C(F)(F)F)cc1Br. The molecule has 0 amide bonds. The first-order valence-electron chi connectivity index (χ1n) is 3.86. The molecule has 0 bridgehead atoms. The number of ether oxygens (including phenoxy) is 1. The molecule has 15 heavy (non-hydrogen) atoms. The summed E-state index contributed by atoms with van der Waals surface area (Å²) in [6.45, 7) is 1.17. The van der Waals surface area contributed by atoms with Gasteiger partial charge in [0.15, 0.2) is 0 Å². The molecule has 0 unspecified atom stereocenters. The minimum Gasteiger partial charge on any atom is -0.426 e. The lowest BCUT2D eigenvalue weighted by molar-refractivity contribution is -0.137. The van der Waals surface area contributed by atoms with Gasteiger partial charge in [-0.15, -0.1) is 0 Å². The third-order valence-corrected chi connectivity index (χ3v) is 2.13. The molecule has 1 rings (SSSR count). The van der Waals surface area contributed by atoms with E-state index in [1.165, 1.54) is 6.92 Å². The minimum atomic E-state index is -4.41. The second-order valence-electron chi connectivity index (χ2n) is 2.74. The van der Waals surface area contributed by atoms with Gasteiger partial charge in [-0.1, -0.05) is 0 Å². The van der Waals surface area contributed by atoms with Crippen LogP contribution in [0, 0.1) is 0 Å². The summed E-state index contributed by atoms with van der Waals surface area (Å²) >= 11 is 2.89. The average molecular weight is 283 g/mol. The Morgan fingerprint density at radius 1 is 1.40 bits per heavy atom. The quantitative estimate of drug-likeness (QED) is 0.583. The van der Waals surface area contributed by atoms with Crippen LogP contribution in [0.15, 0.2) is 22.7 Å². The highest BCUT2D eigenvalue weighted by Gasteiger charge is 2.31. The van der Waals surface area contributed by atoms with Gasteiger partial charge in [-0.3, -0.25) is 4.79 Å². The average Bonchev–Trinajstić information content (AvgIpc) is 2.05. The van der Waals surface area contributed by atoms with Crippen LogP contribution in [0.5, 0.6) is 5.75 Å². The topological polar surface area (TPSA) is 26.3 Å². The lowest BCUT2D eigenvalue weighted by Crippen LogP contribution is -2.06. The molecule has 0 saturated heterocycles. The summed E-state index contributed by atoms with van der Waals surface area (Å²) in [7, 11) is 0. The number of hydrogen-bond acceptors (Lipinski definition) is 2. The molecule has 0 aliphatic carbocycles. The smallest absolute Gasteiger partial charge is 0.416 e. The number of esters is 1. The molecule has 0 aliphatic rings. The van der Waals surface area contributed by atoms with Crippen LogP contribution < -0.4 is 4.74 Å². The van der Waals surface area contributed by atoms with E-state index in [1.807, 2.05) is 0 Å². The zero-order chi connectivity index (χ0) is 11.6. The van der Waals surface area contributed by atoms with Crippen LogP contribution in [0.25, 0.3) is 0 Å². The van der Waals surface area contributed by atoms with Crippen molar-refractivity contribution in [3.05, 3.63) is 28.2 Å². The van der Waals surface area contributed by atoms with Crippen LogP contribution in [-0.4, -0.2) is 5.97 Å². The number of rotatable bonds is 1. The third-order valence-electron chi connectivity index (χ3n) is 1.51. The van der Waals surface area contributed by atoms with Crippen molar-refractivity contribution >= 4 is 21.9 Å². The molecule has 0 aliphatic heterocycles. The van der Waals surface area contributed by atoms with Crippen molar-refractivity contribution < 1.29 is 22.7 Å².